The minimum Gasteiger partial charge on any atom is -0.488 e. The number of hydrogen-bond donors (Lipinski definition) is 0. The summed E-state index contributed by atoms with van der Waals surface area (Å²) in [7, 11) is 0. The zero-order valence-electron chi connectivity index (χ0n) is 11.9. The first-order valence-corrected chi connectivity index (χ1v) is 7.21. The van der Waals surface area contributed by atoms with Crippen molar-refractivity contribution in [2.75, 3.05) is 6.61 Å². The monoisotopic (exact) mass is 332 g/mol. The molecule has 1 aliphatic heterocycles. The molecule has 116 valence electrons. The summed E-state index contributed by atoms with van der Waals surface area (Å²) in [5, 5.41) is 0.582. The number of carbonyl (C=O) groups is 1. The first kappa shape index (κ1) is 15.4. The van der Waals surface area contributed by atoms with Gasteiger partial charge in [0, 0.05) is 16.7 Å². The van der Waals surface area contributed by atoms with Crippen molar-refractivity contribution in [2.24, 2.45) is 0 Å². The van der Waals surface area contributed by atoms with Crippen LogP contribution in [0.1, 0.15) is 15.9 Å². The Bertz CT molecular complexity index is 841. The molecule has 0 atom stereocenters. The maximum atomic E-state index is 13.6. The SMILES string of the molecule is O=C(C=CC1=Cc2cc(Cl)ccc2OC1)c1ccc(F)cc1F. The van der Waals surface area contributed by atoms with E-state index in [1.54, 1.807) is 24.3 Å². The number of fused-ring (bicyclic) bond motifs is 1. The molecule has 1 aliphatic rings. The minimum absolute atomic E-state index is 0.177. The van der Waals surface area contributed by atoms with E-state index in [2.05, 4.69) is 0 Å². The molecule has 23 heavy (non-hydrogen) atoms. The summed E-state index contributed by atoms with van der Waals surface area (Å²) in [6.07, 6.45) is 4.63. The Morgan fingerprint density at radius 3 is 2.78 bits per heavy atom. The van der Waals surface area contributed by atoms with Crippen LogP contribution in [0.5, 0.6) is 5.75 Å². The molecule has 3 rings (SSSR count). The van der Waals surface area contributed by atoms with Gasteiger partial charge in [-0.2, -0.15) is 0 Å². The van der Waals surface area contributed by atoms with E-state index < -0.39 is 17.4 Å². The van der Waals surface area contributed by atoms with Crippen molar-refractivity contribution in [2.45, 2.75) is 0 Å². The van der Waals surface area contributed by atoms with Gasteiger partial charge in [-0.3, -0.25) is 4.79 Å². The van der Waals surface area contributed by atoms with Crippen molar-refractivity contribution in [1.82, 2.24) is 0 Å². The van der Waals surface area contributed by atoms with E-state index in [9.17, 15) is 13.6 Å². The molecule has 0 saturated carbocycles. The van der Waals surface area contributed by atoms with Gasteiger partial charge in [0.15, 0.2) is 5.78 Å². The molecule has 2 aromatic carbocycles. The Morgan fingerprint density at radius 1 is 1.17 bits per heavy atom. The second kappa shape index (κ2) is 6.34. The minimum atomic E-state index is -0.884. The topological polar surface area (TPSA) is 26.3 Å². The Hall–Kier alpha value is -2.46. The summed E-state index contributed by atoms with van der Waals surface area (Å²) in [6, 6.07) is 8.11. The van der Waals surface area contributed by atoms with Crippen LogP contribution in [0.2, 0.25) is 5.02 Å². The largest absolute Gasteiger partial charge is 0.488 e. The molecule has 2 aromatic rings. The van der Waals surface area contributed by atoms with Gasteiger partial charge in [0.2, 0.25) is 0 Å². The molecule has 0 amide bonds. The first-order valence-electron chi connectivity index (χ1n) is 6.83. The average molecular weight is 333 g/mol. The van der Waals surface area contributed by atoms with Gasteiger partial charge in [-0.1, -0.05) is 17.7 Å². The highest BCUT2D eigenvalue weighted by atomic mass is 35.5. The molecule has 2 nitrogen and oxygen atoms in total. The molecule has 0 bridgehead atoms. The molecule has 0 aliphatic carbocycles. The number of carbonyl (C=O) groups excluding carboxylic acids is 1. The predicted octanol–water partition coefficient (Wildman–Crippen LogP) is 4.83. The normalized spacial score (nSPS) is 13.4. The van der Waals surface area contributed by atoms with Gasteiger partial charge in [0.05, 0.1) is 5.56 Å². The third-order valence-corrected chi connectivity index (χ3v) is 3.59. The Morgan fingerprint density at radius 2 is 2.00 bits per heavy atom. The lowest BCUT2D eigenvalue weighted by Crippen LogP contribution is -2.06. The lowest BCUT2D eigenvalue weighted by Gasteiger charge is -2.16. The van der Waals surface area contributed by atoms with Crippen LogP contribution in [0.3, 0.4) is 0 Å². The van der Waals surface area contributed by atoms with Gasteiger partial charge >= 0.3 is 0 Å². The van der Waals surface area contributed by atoms with Crippen LogP contribution in [0, 0.1) is 11.6 Å². The second-order valence-corrected chi connectivity index (χ2v) is 5.45. The fourth-order valence-electron chi connectivity index (χ4n) is 2.22. The van der Waals surface area contributed by atoms with Gasteiger partial charge in [0.25, 0.3) is 0 Å². The number of hydrogen-bond acceptors (Lipinski definition) is 2. The summed E-state index contributed by atoms with van der Waals surface area (Å²) < 4.78 is 32.0. The van der Waals surface area contributed by atoms with E-state index in [0.29, 0.717) is 23.4 Å². The molecule has 0 unspecified atom stereocenters. The molecular weight excluding hydrogens is 322 g/mol. The van der Waals surface area contributed by atoms with Crippen LogP contribution in [0.4, 0.5) is 8.78 Å². The maximum Gasteiger partial charge on any atom is 0.188 e. The average Bonchev–Trinajstić information content (AvgIpc) is 2.52. The number of halogens is 3. The molecule has 0 radical (unpaired) electrons. The van der Waals surface area contributed by atoms with Crippen LogP contribution in [0.15, 0.2) is 54.1 Å². The van der Waals surface area contributed by atoms with Crippen molar-refractivity contribution in [3.63, 3.8) is 0 Å². The summed E-state index contributed by atoms with van der Waals surface area (Å²) >= 11 is 5.93. The number of allylic oxidation sites excluding steroid dienone is 1. The van der Waals surface area contributed by atoms with E-state index >= 15 is 0 Å². The van der Waals surface area contributed by atoms with Crippen molar-refractivity contribution < 1.29 is 18.3 Å². The summed E-state index contributed by atoms with van der Waals surface area (Å²) in [4.78, 5) is 12.0. The summed E-state index contributed by atoms with van der Waals surface area (Å²) in [5.41, 5.74) is 1.38. The maximum absolute atomic E-state index is 13.6. The molecule has 0 aromatic heterocycles. The summed E-state index contributed by atoms with van der Waals surface area (Å²) in [6.45, 7) is 0.296. The lowest BCUT2D eigenvalue weighted by molar-refractivity contribution is 0.104. The van der Waals surface area contributed by atoms with Crippen LogP contribution < -0.4 is 4.74 Å². The van der Waals surface area contributed by atoms with E-state index in [4.69, 9.17) is 16.3 Å². The van der Waals surface area contributed by atoms with Gasteiger partial charge in [-0.15, -0.1) is 0 Å². The second-order valence-electron chi connectivity index (χ2n) is 5.01. The fourth-order valence-corrected chi connectivity index (χ4v) is 2.40. The van der Waals surface area contributed by atoms with E-state index in [1.165, 1.54) is 6.08 Å². The molecule has 5 heteroatoms. The van der Waals surface area contributed by atoms with Gasteiger partial charge in [-0.05, 0) is 48.1 Å². The highest BCUT2D eigenvalue weighted by Crippen LogP contribution is 2.29. The molecule has 0 saturated heterocycles. The van der Waals surface area contributed by atoms with Crippen LogP contribution in [0.25, 0.3) is 6.08 Å². The third kappa shape index (κ3) is 3.48. The smallest absolute Gasteiger partial charge is 0.188 e. The molecule has 1 heterocycles. The van der Waals surface area contributed by atoms with Gasteiger partial charge < -0.3 is 4.74 Å². The van der Waals surface area contributed by atoms with Gasteiger partial charge in [0.1, 0.15) is 24.0 Å². The molecule has 0 fully saturated rings. The molecule has 0 N–H and O–H groups in total. The summed E-state index contributed by atoms with van der Waals surface area (Å²) in [5.74, 6) is -1.44. The first-order chi connectivity index (χ1) is 11.0. The van der Waals surface area contributed by atoms with Crippen molar-refractivity contribution in [3.8, 4) is 5.75 Å². The van der Waals surface area contributed by atoms with Crippen molar-refractivity contribution in [3.05, 3.63) is 81.9 Å². The van der Waals surface area contributed by atoms with Crippen molar-refractivity contribution >= 4 is 23.5 Å². The number of ketones is 1. The van der Waals surface area contributed by atoms with Crippen LogP contribution in [-0.2, 0) is 0 Å². The lowest BCUT2D eigenvalue weighted by atomic mass is 10.1. The zero-order chi connectivity index (χ0) is 16.4. The third-order valence-electron chi connectivity index (χ3n) is 3.35. The Labute approximate surface area is 136 Å². The predicted molar refractivity (Wildman–Crippen MR) is 84.8 cm³/mol. The molecule has 0 spiro atoms. The number of benzene rings is 2. The Kier molecular flexibility index (Phi) is 4.26. The number of rotatable bonds is 3. The molecular formula is C18H11ClF2O2. The highest BCUT2D eigenvalue weighted by molar-refractivity contribution is 6.30. The zero-order valence-corrected chi connectivity index (χ0v) is 12.6. The number of ether oxygens (including phenoxy) is 1. The fraction of sp³-hybridized carbons (Fsp3) is 0.0556. The Balaban J connectivity index is 1.81. The standard InChI is InChI=1S/C18H11ClF2O2/c19-13-2-6-18-12(8-13)7-11(10-23-18)1-5-17(22)15-4-3-14(20)9-16(15)21/h1-9H,10H2. The van der Waals surface area contributed by atoms with Crippen molar-refractivity contribution in [1.29, 1.82) is 0 Å². The van der Waals surface area contributed by atoms with E-state index in [-0.39, 0.29) is 5.56 Å². The van der Waals surface area contributed by atoms with E-state index in [1.807, 2.05) is 6.08 Å². The highest BCUT2D eigenvalue weighted by Gasteiger charge is 2.12. The van der Waals surface area contributed by atoms with Crippen LogP contribution in [-0.4, -0.2) is 12.4 Å². The van der Waals surface area contributed by atoms with E-state index in [0.717, 1.165) is 23.3 Å². The van der Waals surface area contributed by atoms with Crippen LogP contribution >= 0.6 is 11.6 Å². The quantitative estimate of drug-likeness (QED) is 0.594. The van der Waals surface area contributed by atoms with Gasteiger partial charge in [-0.25, -0.2) is 8.78 Å².